The number of hydrogen-bond acceptors (Lipinski definition) is 2. The van der Waals surface area contributed by atoms with Crippen molar-refractivity contribution in [3.05, 3.63) is 35.4 Å². The molecule has 1 aromatic rings. The molecule has 1 fully saturated rings. The van der Waals surface area contributed by atoms with Gasteiger partial charge in [-0.2, -0.15) is 5.26 Å². The van der Waals surface area contributed by atoms with Crippen molar-refractivity contribution >= 4 is 0 Å². The van der Waals surface area contributed by atoms with Crippen LogP contribution >= 0.6 is 0 Å². The molecule has 0 unspecified atom stereocenters. The molecule has 0 spiro atoms. The second-order valence-electron chi connectivity index (χ2n) is 5.28. The summed E-state index contributed by atoms with van der Waals surface area (Å²) in [6.45, 7) is 2.02. The molecule has 1 N–H and O–H groups in total. The quantitative estimate of drug-likeness (QED) is 0.773. The molecule has 1 saturated carbocycles. The van der Waals surface area contributed by atoms with Crippen LogP contribution in [0, 0.1) is 17.2 Å². The van der Waals surface area contributed by atoms with Crippen molar-refractivity contribution < 1.29 is 0 Å². The fraction of sp³-hybridized carbons (Fsp3) is 0.562. The lowest BCUT2D eigenvalue weighted by molar-refractivity contribution is 0.470. The van der Waals surface area contributed by atoms with E-state index in [1.165, 1.54) is 44.1 Å². The summed E-state index contributed by atoms with van der Waals surface area (Å²) in [6.07, 6.45) is 8.49. The van der Waals surface area contributed by atoms with Gasteiger partial charge in [-0.15, -0.1) is 0 Å². The highest BCUT2D eigenvalue weighted by molar-refractivity contribution is 5.31. The van der Waals surface area contributed by atoms with E-state index >= 15 is 0 Å². The van der Waals surface area contributed by atoms with Crippen LogP contribution < -0.4 is 5.32 Å². The van der Waals surface area contributed by atoms with Crippen LogP contribution in [0.3, 0.4) is 0 Å². The number of benzene rings is 1. The Kier molecular flexibility index (Phi) is 5.23. The van der Waals surface area contributed by atoms with Crippen LogP contribution in [0.2, 0.25) is 0 Å². The molecule has 0 heterocycles. The van der Waals surface area contributed by atoms with Crippen LogP contribution in [-0.4, -0.2) is 6.54 Å². The van der Waals surface area contributed by atoms with Crippen molar-refractivity contribution in [2.24, 2.45) is 5.92 Å². The normalized spacial score (nSPS) is 15.7. The highest BCUT2D eigenvalue weighted by Crippen LogP contribution is 2.28. The maximum absolute atomic E-state index is 8.71. The molecule has 0 amide bonds. The van der Waals surface area contributed by atoms with Crippen LogP contribution in [0.1, 0.15) is 49.7 Å². The predicted molar refractivity (Wildman–Crippen MR) is 74.1 cm³/mol. The second kappa shape index (κ2) is 7.18. The van der Waals surface area contributed by atoms with E-state index in [0.29, 0.717) is 0 Å². The van der Waals surface area contributed by atoms with Crippen LogP contribution in [0.25, 0.3) is 0 Å². The van der Waals surface area contributed by atoms with E-state index in [4.69, 9.17) is 5.26 Å². The lowest BCUT2D eigenvalue weighted by atomic mass is 10.0. The third-order valence-electron chi connectivity index (χ3n) is 3.85. The Morgan fingerprint density at radius 2 is 1.89 bits per heavy atom. The summed E-state index contributed by atoms with van der Waals surface area (Å²) >= 11 is 0. The number of nitrogens with one attached hydrogen (secondary N) is 1. The summed E-state index contributed by atoms with van der Waals surface area (Å²) in [7, 11) is 0. The average Bonchev–Trinajstić information content (AvgIpc) is 2.92. The lowest BCUT2D eigenvalue weighted by Gasteiger charge is -2.09. The summed E-state index contributed by atoms with van der Waals surface area (Å²) in [5.74, 6) is 1.00. The fourth-order valence-electron chi connectivity index (χ4n) is 2.74. The molecule has 0 saturated heterocycles. The molecule has 0 bridgehead atoms. The Bertz CT molecular complexity index is 383. The largest absolute Gasteiger partial charge is 0.313 e. The van der Waals surface area contributed by atoms with Gasteiger partial charge in [0.25, 0.3) is 0 Å². The van der Waals surface area contributed by atoms with Gasteiger partial charge in [0.1, 0.15) is 0 Å². The van der Waals surface area contributed by atoms with Crippen molar-refractivity contribution in [1.82, 2.24) is 5.32 Å². The van der Waals surface area contributed by atoms with Gasteiger partial charge < -0.3 is 5.32 Å². The number of hydrogen-bond donors (Lipinski definition) is 1. The molecule has 0 aromatic heterocycles. The summed E-state index contributed by atoms with van der Waals surface area (Å²) in [5.41, 5.74) is 2.00. The van der Waals surface area contributed by atoms with E-state index in [1.807, 2.05) is 24.3 Å². The van der Waals surface area contributed by atoms with Crippen molar-refractivity contribution in [3.8, 4) is 6.07 Å². The molecule has 2 heteroatoms. The zero-order chi connectivity index (χ0) is 12.6. The van der Waals surface area contributed by atoms with Crippen LogP contribution in [-0.2, 0) is 6.54 Å². The Morgan fingerprint density at radius 1 is 1.17 bits per heavy atom. The van der Waals surface area contributed by atoms with Crippen LogP contribution in [0.5, 0.6) is 0 Å². The smallest absolute Gasteiger partial charge is 0.0991 e. The van der Waals surface area contributed by atoms with Gasteiger partial charge in [0.2, 0.25) is 0 Å². The minimum atomic E-state index is 0.736. The molecule has 2 rings (SSSR count). The Balaban J connectivity index is 1.58. The van der Waals surface area contributed by atoms with E-state index in [0.717, 1.165) is 24.6 Å². The van der Waals surface area contributed by atoms with Crippen LogP contribution in [0.4, 0.5) is 0 Å². The molecule has 0 radical (unpaired) electrons. The molecule has 96 valence electrons. The molecule has 18 heavy (non-hydrogen) atoms. The number of rotatable bonds is 6. The lowest BCUT2D eigenvalue weighted by Crippen LogP contribution is -2.15. The SMILES string of the molecule is N#Cc1ccc(CNCCCC2CCCC2)cc1. The first-order valence-corrected chi connectivity index (χ1v) is 7.08. The van der Waals surface area contributed by atoms with Gasteiger partial charge in [-0.1, -0.05) is 37.8 Å². The summed E-state index contributed by atoms with van der Waals surface area (Å²) in [4.78, 5) is 0. The minimum Gasteiger partial charge on any atom is -0.313 e. The van der Waals surface area contributed by atoms with E-state index in [2.05, 4.69) is 11.4 Å². The van der Waals surface area contributed by atoms with E-state index < -0.39 is 0 Å². The fourth-order valence-corrected chi connectivity index (χ4v) is 2.74. The highest BCUT2D eigenvalue weighted by Gasteiger charge is 2.13. The van der Waals surface area contributed by atoms with E-state index in [1.54, 1.807) is 0 Å². The second-order valence-corrected chi connectivity index (χ2v) is 5.28. The molecular weight excluding hydrogens is 220 g/mol. The van der Waals surface area contributed by atoms with Crippen molar-refractivity contribution in [3.63, 3.8) is 0 Å². The molecular formula is C16H22N2. The Morgan fingerprint density at radius 3 is 2.56 bits per heavy atom. The molecule has 0 atom stereocenters. The molecule has 0 aliphatic heterocycles. The Hall–Kier alpha value is -1.33. The molecule has 1 aromatic carbocycles. The number of nitriles is 1. The first-order valence-electron chi connectivity index (χ1n) is 7.08. The van der Waals surface area contributed by atoms with E-state index in [9.17, 15) is 0 Å². The topological polar surface area (TPSA) is 35.8 Å². The van der Waals surface area contributed by atoms with Gasteiger partial charge in [-0.25, -0.2) is 0 Å². The zero-order valence-corrected chi connectivity index (χ0v) is 11.0. The van der Waals surface area contributed by atoms with Crippen LogP contribution in [0.15, 0.2) is 24.3 Å². The molecule has 1 aliphatic rings. The zero-order valence-electron chi connectivity index (χ0n) is 11.0. The van der Waals surface area contributed by atoms with Gasteiger partial charge in [-0.05, 0) is 43.0 Å². The highest BCUT2D eigenvalue weighted by atomic mass is 14.8. The third kappa shape index (κ3) is 4.16. The standard InChI is InChI=1S/C16H22N2/c17-12-15-7-9-16(10-8-15)13-18-11-3-6-14-4-1-2-5-14/h7-10,14,18H,1-6,11,13H2. The third-order valence-corrected chi connectivity index (χ3v) is 3.85. The predicted octanol–water partition coefficient (Wildman–Crippen LogP) is 3.62. The van der Waals surface area contributed by atoms with Gasteiger partial charge in [-0.3, -0.25) is 0 Å². The van der Waals surface area contributed by atoms with Gasteiger partial charge in [0.15, 0.2) is 0 Å². The minimum absolute atomic E-state index is 0.736. The summed E-state index contributed by atoms with van der Waals surface area (Å²) in [5, 5.41) is 12.2. The summed E-state index contributed by atoms with van der Waals surface area (Å²) < 4.78 is 0. The first kappa shape index (κ1) is 13.1. The van der Waals surface area contributed by atoms with E-state index in [-0.39, 0.29) is 0 Å². The summed E-state index contributed by atoms with van der Waals surface area (Å²) in [6, 6.07) is 9.97. The van der Waals surface area contributed by atoms with Crippen molar-refractivity contribution in [2.75, 3.05) is 6.54 Å². The maximum atomic E-state index is 8.71. The first-order chi connectivity index (χ1) is 8.88. The average molecular weight is 242 g/mol. The van der Waals surface area contributed by atoms with Crippen molar-refractivity contribution in [2.45, 2.75) is 45.1 Å². The molecule has 2 nitrogen and oxygen atoms in total. The van der Waals surface area contributed by atoms with Crippen molar-refractivity contribution in [1.29, 1.82) is 5.26 Å². The van der Waals surface area contributed by atoms with Gasteiger partial charge >= 0.3 is 0 Å². The maximum Gasteiger partial charge on any atom is 0.0991 e. The number of nitrogens with zero attached hydrogens (tertiary/aromatic N) is 1. The van der Waals surface area contributed by atoms with Gasteiger partial charge in [0.05, 0.1) is 11.6 Å². The monoisotopic (exact) mass is 242 g/mol. The molecule has 1 aliphatic carbocycles. The van der Waals surface area contributed by atoms with Gasteiger partial charge in [0, 0.05) is 6.54 Å². The Labute approximate surface area is 110 Å².